The second kappa shape index (κ2) is 12.1. The molecule has 0 bridgehead atoms. The fourth-order valence-corrected chi connectivity index (χ4v) is 3.62. The number of ether oxygens (including phenoxy) is 1. The molecular formula is C27H33NO4. The van der Waals surface area contributed by atoms with Crippen LogP contribution in [-0.4, -0.2) is 24.8 Å². The van der Waals surface area contributed by atoms with Crippen molar-refractivity contribution in [2.24, 2.45) is 0 Å². The molecule has 0 saturated carbocycles. The summed E-state index contributed by atoms with van der Waals surface area (Å²) < 4.78 is 11.7. The van der Waals surface area contributed by atoms with Gasteiger partial charge in [0.15, 0.2) is 5.78 Å². The molecule has 1 heterocycles. The highest BCUT2D eigenvalue weighted by atomic mass is 16.5. The summed E-state index contributed by atoms with van der Waals surface area (Å²) in [5, 5.41) is 3.77. The number of para-hydroxylation sites is 1. The molecule has 0 aliphatic heterocycles. The van der Waals surface area contributed by atoms with Crippen molar-refractivity contribution in [2.45, 2.75) is 58.8 Å². The third-order valence-electron chi connectivity index (χ3n) is 5.44. The summed E-state index contributed by atoms with van der Waals surface area (Å²) in [7, 11) is 0. The van der Waals surface area contributed by atoms with E-state index in [9.17, 15) is 9.59 Å². The van der Waals surface area contributed by atoms with Gasteiger partial charge in [0.05, 0.1) is 12.2 Å². The molecule has 0 aliphatic rings. The first-order valence-corrected chi connectivity index (χ1v) is 11.7. The van der Waals surface area contributed by atoms with Crippen LogP contribution in [0.15, 0.2) is 52.9 Å². The lowest BCUT2D eigenvalue weighted by Crippen LogP contribution is -2.24. The minimum Gasteiger partial charge on any atom is -0.494 e. The van der Waals surface area contributed by atoms with E-state index >= 15 is 0 Å². The zero-order chi connectivity index (χ0) is 22.8. The number of nitrogens with one attached hydrogen (secondary N) is 1. The highest BCUT2D eigenvalue weighted by Gasteiger charge is 2.21. The summed E-state index contributed by atoms with van der Waals surface area (Å²) in [5.41, 5.74) is 2.02. The van der Waals surface area contributed by atoms with Crippen LogP contribution in [0.1, 0.15) is 74.1 Å². The lowest BCUT2D eigenvalue weighted by atomic mass is 9.98. The van der Waals surface area contributed by atoms with Gasteiger partial charge in [0.2, 0.25) is 5.91 Å². The van der Waals surface area contributed by atoms with Gasteiger partial charge in [-0.2, -0.15) is 0 Å². The van der Waals surface area contributed by atoms with E-state index in [0.717, 1.165) is 55.4 Å². The zero-order valence-corrected chi connectivity index (χ0v) is 19.1. The summed E-state index contributed by atoms with van der Waals surface area (Å²) >= 11 is 0. The number of amides is 1. The van der Waals surface area contributed by atoms with Crippen LogP contribution in [-0.2, 0) is 11.2 Å². The van der Waals surface area contributed by atoms with E-state index in [4.69, 9.17) is 9.15 Å². The van der Waals surface area contributed by atoms with E-state index in [2.05, 4.69) is 19.2 Å². The number of ketones is 1. The second-order valence-electron chi connectivity index (χ2n) is 8.01. The molecule has 0 saturated heterocycles. The first-order valence-electron chi connectivity index (χ1n) is 11.7. The summed E-state index contributed by atoms with van der Waals surface area (Å²) in [6.45, 7) is 5.42. The molecule has 1 aromatic heterocycles. The Balaban J connectivity index is 1.60. The van der Waals surface area contributed by atoms with Gasteiger partial charge in [0.1, 0.15) is 17.1 Å². The second-order valence-corrected chi connectivity index (χ2v) is 8.01. The number of carbonyl (C=O) groups is 2. The van der Waals surface area contributed by atoms with Gasteiger partial charge >= 0.3 is 0 Å². The third-order valence-corrected chi connectivity index (χ3v) is 5.44. The maximum Gasteiger partial charge on any atom is 0.220 e. The van der Waals surface area contributed by atoms with Crippen molar-refractivity contribution in [1.82, 2.24) is 5.32 Å². The van der Waals surface area contributed by atoms with Crippen molar-refractivity contribution in [3.05, 3.63) is 65.4 Å². The van der Waals surface area contributed by atoms with E-state index in [1.165, 1.54) is 0 Å². The standard InChI is InChI=1S/C27H33NO4/c1-3-5-11-24-26(22-10-7-8-12-23(22)32-24)27(30)20-14-16-21(17-15-20)31-19-9-13-25(29)28-18-6-4-2/h7-8,10,12,14-17H,3-6,9,11,13,18-19H2,1-2H3,(H,28,29). The summed E-state index contributed by atoms with van der Waals surface area (Å²) in [5.74, 6) is 1.48. The molecule has 2 aromatic carbocycles. The molecule has 0 unspecified atom stereocenters. The number of hydrogen-bond donors (Lipinski definition) is 1. The number of carbonyl (C=O) groups excluding carboxylic acids is 2. The van der Waals surface area contributed by atoms with E-state index in [1.807, 2.05) is 36.4 Å². The molecule has 5 nitrogen and oxygen atoms in total. The normalized spacial score (nSPS) is 10.9. The Bertz CT molecular complexity index is 1020. The first kappa shape index (κ1) is 23.6. The number of aryl methyl sites for hydroxylation is 1. The largest absolute Gasteiger partial charge is 0.494 e. The van der Waals surface area contributed by atoms with E-state index in [0.29, 0.717) is 36.3 Å². The number of benzene rings is 2. The van der Waals surface area contributed by atoms with E-state index < -0.39 is 0 Å². The molecule has 0 fully saturated rings. The average molecular weight is 436 g/mol. The maximum atomic E-state index is 13.3. The van der Waals surface area contributed by atoms with Crippen LogP contribution in [0.2, 0.25) is 0 Å². The van der Waals surface area contributed by atoms with Gasteiger partial charge in [0.25, 0.3) is 0 Å². The number of fused-ring (bicyclic) bond motifs is 1. The van der Waals surface area contributed by atoms with Gasteiger partial charge < -0.3 is 14.5 Å². The molecule has 0 spiro atoms. The van der Waals surface area contributed by atoms with Crippen molar-refractivity contribution >= 4 is 22.7 Å². The lowest BCUT2D eigenvalue weighted by molar-refractivity contribution is -0.121. The van der Waals surface area contributed by atoms with Gasteiger partial charge in [-0.05, 0) is 49.6 Å². The molecule has 5 heteroatoms. The Morgan fingerprint density at radius 1 is 0.938 bits per heavy atom. The Hall–Kier alpha value is -3.08. The molecule has 0 aliphatic carbocycles. The molecule has 32 heavy (non-hydrogen) atoms. The number of furan rings is 1. The Labute approximate surface area is 190 Å². The number of hydrogen-bond acceptors (Lipinski definition) is 4. The first-order chi connectivity index (χ1) is 15.6. The van der Waals surface area contributed by atoms with Crippen LogP contribution in [0.4, 0.5) is 0 Å². The predicted octanol–water partition coefficient (Wildman–Crippen LogP) is 6.08. The van der Waals surface area contributed by atoms with Gasteiger partial charge in [-0.25, -0.2) is 0 Å². The number of unbranched alkanes of at least 4 members (excludes halogenated alkanes) is 2. The van der Waals surface area contributed by atoms with Gasteiger partial charge in [-0.15, -0.1) is 0 Å². The molecule has 0 atom stereocenters. The fraction of sp³-hybridized carbons (Fsp3) is 0.407. The quantitative estimate of drug-likeness (QED) is 0.261. The van der Waals surface area contributed by atoms with Crippen molar-refractivity contribution in [1.29, 1.82) is 0 Å². The lowest BCUT2D eigenvalue weighted by Gasteiger charge is -2.08. The fourth-order valence-electron chi connectivity index (χ4n) is 3.62. The highest BCUT2D eigenvalue weighted by molar-refractivity contribution is 6.16. The SMILES string of the molecule is CCCCNC(=O)CCCOc1ccc(C(=O)c2c(CCCC)oc3ccccc23)cc1. The molecule has 3 aromatic rings. The summed E-state index contributed by atoms with van der Waals surface area (Å²) in [4.78, 5) is 25.1. The molecule has 170 valence electrons. The summed E-state index contributed by atoms with van der Waals surface area (Å²) in [6.07, 6.45) is 5.94. The Kier molecular flexibility index (Phi) is 8.90. The van der Waals surface area contributed by atoms with Crippen molar-refractivity contribution in [3.63, 3.8) is 0 Å². The smallest absolute Gasteiger partial charge is 0.220 e. The average Bonchev–Trinajstić information content (AvgIpc) is 3.19. The topological polar surface area (TPSA) is 68.5 Å². The van der Waals surface area contributed by atoms with Crippen molar-refractivity contribution < 1.29 is 18.7 Å². The minimum atomic E-state index is -0.0312. The van der Waals surface area contributed by atoms with Crippen molar-refractivity contribution in [2.75, 3.05) is 13.2 Å². The van der Waals surface area contributed by atoms with Gasteiger partial charge in [-0.3, -0.25) is 9.59 Å². The highest BCUT2D eigenvalue weighted by Crippen LogP contribution is 2.29. The zero-order valence-electron chi connectivity index (χ0n) is 19.1. The minimum absolute atomic E-state index is 0.0312. The van der Waals surface area contributed by atoms with Crippen LogP contribution in [0.3, 0.4) is 0 Å². The maximum absolute atomic E-state index is 13.3. The van der Waals surface area contributed by atoms with E-state index in [-0.39, 0.29) is 11.7 Å². The van der Waals surface area contributed by atoms with Crippen molar-refractivity contribution in [3.8, 4) is 5.75 Å². The monoisotopic (exact) mass is 435 g/mol. The van der Waals surface area contributed by atoms with Gasteiger partial charge in [-0.1, -0.05) is 44.9 Å². The molecule has 1 N–H and O–H groups in total. The van der Waals surface area contributed by atoms with Crippen LogP contribution >= 0.6 is 0 Å². The van der Waals surface area contributed by atoms with E-state index in [1.54, 1.807) is 12.1 Å². The van der Waals surface area contributed by atoms with Crippen LogP contribution < -0.4 is 10.1 Å². The molecule has 3 rings (SSSR count). The van der Waals surface area contributed by atoms with Crippen LogP contribution in [0, 0.1) is 0 Å². The number of rotatable bonds is 13. The van der Waals surface area contributed by atoms with Crippen LogP contribution in [0.25, 0.3) is 11.0 Å². The molecular weight excluding hydrogens is 402 g/mol. The summed E-state index contributed by atoms with van der Waals surface area (Å²) in [6, 6.07) is 14.9. The molecule has 1 amide bonds. The van der Waals surface area contributed by atoms with Gasteiger partial charge in [0, 0.05) is 30.3 Å². The molecule has 0 radical (unpaired) electrons. The predicted molar refractivity (Wildman–Crippen MR) is 127 cm³/mol. The third kappa shape index (κ3) is 6.22. The Morgan fingerprint density at radius 2 is 1.69 bits per heavy atom. The Morgan fingerprint density at radius 3 is 2.44 bits per heavy atom. The van der Waals surface area contributed by atoms with Crippen LogP contribution in [0.5, 0.6) is 5.75 Å².